The molecule has 0 saturated carbocycles. The molecule has 6 rings (SSSR count). The molecule has 186 valence electrons. The summed E-state index contributed by atoms with van der Waals surface area (Å²) in [7, 11) is 0. The summed E-state index contributed by atoms with van der Waals surface area (Å²) >= 11 is 12.6. The molecule has 0 amide bonds. The Balaban J connectivity index is 1.70. The van der Waals surface area contributed by atoms with E-state index in [0.29, 0.717) is 21.2 Å². The highest BCUT2D eigenvalue weighted by Crippen LogP contribution is 2.61. The van der Waals surface area contributed by atoms with Gasteiger partial charge in [-0.1, -0.05) is 92.5 Å². The van der Waals surface area contributed by atoms with Crippen molar-refractivity contribution in [2.24, 2.45) is 10.8 Å². The quantitative estimate of drug-likeness (QED) is 0.334. The van der Waals surface area contributed by atoms with E-state index in [9.17, 15) is 14.4 Å². The van der Waals surface area contributed by atoms with Crippen molar-refractivity contribution in [2.45, 2.75) is 38.8 Å². The molecule has 1 saturated heterocycles. The zero-order valence-electron chi connectivity index (χ0n) is 20.7. The van der Waals surface area contributed by atoms with Crippen LogP contribution in [0.25, 0.3) is 6.08 Å². The summed E-state index contributed by atoms with van der Waals surface area (Å²) in [6.45, 7) is 5.64. The van der Waals surface area contributed by atoms with Crippen LogP contribution in [0.4, 0.5) is 5.69 Å². The Labute approximate surface area is 225 Å². The number of hydrogen-bond acceptors (Lipinski definition) is 4. The van der Waals surface area contributed by atoms with Crippen LogP contribution in [0.1, 0.15) is 58.5 Å². The molecule has 3 atom stereocenters. The number of anilines is 1. The standard InChI is InChI=1S/C31H25Cl2NO3/c1-30(2,3)29(37)26-25(17-8-11-19(32)12-9-17)31(27(35)21-6-4-5-7-22(21)28(31)36)24-15-10-18-16-20(33)13-14-23(18)34(24)26/h4-16,24-26H,1-3H3/t24-,25-,26+/m1/s1. The van der Waals surface area contributed by atoms with Crippen LogP contribution in [0.15, 0.2) is 72.8 Å². The Morgan fingerprint density at radius 1 is 0.865 bits per heavy atom. The molecule has 0 bridgehead atoms. The first-order valence-corrected chi connectivity index (χ1v) is 13.1. The number of carbonyl (C=O) groups excluding carboxylic acids is 3. The number of nitrogens with zero attached hydrogens (tertiary/aromatic N) is 1. The predicted octanol–water partition coefficient (Wildman–Crippen LogP) is 7.04. The minimum Gasteiger partial charge on any atom is -0.352 e. The molecule has 2 aliphatic heterocycles. The van der Waals surface area contributed by atoms with Gasteiger partial charge in [-0.3, -0.25) is 14.4 Å². The number of fused-ring (bicyclic) bond motifs is 5. The SMILES string of the molecule is CC(C)(C)C(=O)[C@@H]1[C@@H](c2ccc(Cl)cc2)C2(C(=O)c3ccccc3C2=O)[C@H]2C=Cc3cc(Cl)ccc3N12. The zero-order valence-corrected chi connectivity index (χ0v) is 22.2. The largest absolute Gasteiger partial charge is 0.352 e. The first-order valence-electron chi connectivity index (χ1n) is 12.3. The lowest BCUT2D eigenvalue weighted by molar-refractivity contribution is -0.127. The van der Waals surface area contributed by atoms with E-state index in [-0.39, 0.29) is 17.3 Å². The van der Waals surface area contributed by atoms with Crippen LogP contribution in [0, 0.1) is 10.8 Å². The summed E-state index contributed by atoms with van der Waals surface area (Å²) < 4.78 is 0. The topological polar surface area (TPSA) is 54.5 Å². The lowest BCUT2D eigenvalue weighted by Gasteiger charge is -2.38. The third-order valence-corrected chi connectivity index (χ3v) is 8.49. The lowest BCUT2D eigenvalue weighted by Crippen LogP contribution is -2.49. The first-order chi connectivity index (χ1) is 17.6. The Morgan fingerprint density at radius 2 is 1.46 bits per heavy atom. The maximum Gasteiger partial charge on any atom is 0.180 e. The third kappa shape index (κ3) is 3.25. The molecular weight excluding hydrogens is 505 g/mol. The van der Waals surface area contributed by atoms with Crippen molar-refractivity contribution in [2.75, 3.05) is 4.90 Å². The zero-order chi connectivity index (χ0) is 26.3. The van der Waals surface area contributed by atoms with E-state index >= 15 is 0 Å². The molecule has 1 aliphatic carbocycles. The normalized spacial score (nSPS) is 23.3. The number of carbonyl (C=O) groups is 3. The smallest absolute Gasteiger partial charge is 0.180 e. The molecule has 2 heterocycles. The Bertz CT molecular complexity index is 1480. The minimum absolute atomic E-state index is 0.0397. The van der Waals surface area contributed by atoms with Crippen LogP contribution in [0.2, 0.25) is 10.0 Å². The van der Waals surface area contributed by atoms with Crippen LogP contribution in [0.3, 0.4) is 0 Å². The number of hydrogen-bond donors (Lipinski definition) is 0. The molecule has 0 aromatic heterocycles. The summed E-state index contributed by atoms with van der Waals surface area (Å²) in [6.07, 6.45) is 3.82. The van der Waals surface area contributed by atoms with Crippen LogP contribution in [0.5, 0.6) is 0 Å². The highest BCUT2D eigenvalue weighted by molar-refractivity contribution is 6.33. The summed E-state index contributed by atoms with van der Waals surface area (Å²) in [5, 5.41) is 1.11. The molecule has 3 aliphatic rings. The van der Waals surface area contributed by atoms with E-state index in [1.54, 1.807) is 42.5 Å². The van der Waals surface area contributed by atoms with Gasteiger partial charge < -0.3 is 4.90 Å². The number of Topliss-reactive ketones (excluding diaryl/α,β-unsaturated/α-hetero) is 3. The average Bonchev–Trinajstić information content (AvgIpc) is 3.29. The molecule has 4 nitrogen and oxygen atoms in total. The van der Waals surface area contributed by atoms with Crippen molar-refractivity contribution in [3.8, 4) is 0 Å². The van der Waals surface area contributed by atoms with Crippen molar-refractivity contribution >= 4 is 52.3 Å². The number of rotatable bonds is 2. The van der Waals surface area contributed by atoms with Gasteiger partial charge in [0.25, 0.3) is 0 Å². The highest BCUT2D eigenvalue weighted by Gasteiger charge is 2.71. The van der Waals surface area contributed by atoms with Gasteiger partial charge in [-0.2, -0.15) is 0 Å². The van der Waals surface area contributed by atoms with Crippen molar-refractivity contribution < 1.29 is 14.4 Å². The molecule has 6 heteroatoms. The second-order valence-electron chi connectivity index (χ2n) is 11.1. The van der Waals surface area contributed by atoms with E-state index in [0.717, 1.165) is 16.8 Å². The van der Waals surface area contributed by atoms with Crippen molar-refractivity contribution in [3.05, 3.63) is 105 Å². The van der Waals surface area contributed by atoms with E-state index in [4.69, 9.17) is 23.2 Å². The van der Waals surface area contributed by atoms with Crippen molar-refractivity contribution in [1.29, 1.82) is 0 Å². The fourth-order valence-electron chi connectivity index (χ4n) is 6.43. The molecule has 0 N–H and O–H groups in total. The van der Waals surface area contributed by atoms with Crippen molar-refractivity contribution in [1.82, 2.24) is 0 Å². The summed E-state index contributed by atoms with van der Waals surface area (Å²) in [6, 6.07) is 18.3. The van der Waals surface area contributed by atoms with Gasteiger partial charge in [-0.05, 0) is 41.5 Å². The second-order valence-corrected chi connectivity index (χ2v) is 11.9. The summed E-state index contributed by atoms with van der Waals surface area (Å²) in [5.41, 5.74) is 0.953. The second kappa shape index (κ2) is 8.14. The molecule has 37 heavy (non-hydrogen) atoms. The maximum absolute atomic E-state index is 14.5. The number of ketones is 3. The molecule has 1 fully saturated rings. The molecule has 3 aromatic rings. The van der Waals surface area contributed by atoms with Gasteiger partial charge in [0.15, 0.2) is 17.3 Å². The van der Waals surface area contributed by atoms with E-state index in [1.165, 1.54) is 0 Å². The van der Waals surface area contributed by atoms with E-state index in [1.807, 2.05) is 62.1 Å². The Kier molecular flexibility index (Phi) is 5.31. The highest BCUT2D eigenvalue weighted by atomic mass is 35.5. The molecular formula is C31H25Cl2NO3. The minimum atomic E-state index is -1.50. The van der Waals surface area contributed by atoms with Gasteiger partial charge in [0, 0.05) is 38.2 Å². The molecule has 1 spiro atoms. The van der Waals surface area contributed by atoms with E-state index < -0.39 is 28.8 Å². The van der Waals surface area contributed by atoms with Crippen LogP contribution < -0.4 is 4.90 Å². The molecule has 0 unspecified atom stereocenters. The van der Waals surface area contributed by atoms with Gasteiger partial charge in [-0.25, -0.2) is 0 Å². The van der Waals surface area contributed by atoms with Gasteiger partial charge in [0.05, 0.1) is 12.1 Å². The number of benzene rings is 3. The fraction of sp³-hybridized carbons (Fsp3) is 0.258. The van der Waals surface area contributed by atoms with Gasteiger partial charge >= 0.3 is 0 Å². The third-order valence-electron chi connectivity index (χ3n) is 8.00. The predicted molar refractivity (Wildman–Crippen MR) is 147 cm³/mol. The number of halogens is 2. The van der Waals surface area contributed by atoms with Gasteiger partial charge in [-0.15, -0.1) is 0 Å². The van der Waals surface area contributed by atoms with Crippen LogP contribution in [-0.2, 0) is 4.79 Å². The first kappa shape index (κ1) is 24.1. The fourth-order valence-corrected chi connectivity index (χ4v) is 6.74. The lowest BCUT2D eigenvalue weighted by atomic mass is 9.63. The Hall–Kier alpha value is -3.21. The molecule has 0 radical (unpaired) electrons. The Morgan fingerprint density at radius 3 is 2.05 bits per heavy atom. The summed E-state index contributed by atoms with van der Waals surface area (Å²) in [4.78, 5) is 45.3. The molecule has 3 aromatic carbocycles. The van der Waals surface area contributed by atoms with Crippen LogP contribution in [-0.4, -0.2) is 29.4 Å². The maximum atomic E-state index is 14.5. The van der Waals surface area contributed by atoms with Crippen LogP contribution >= 0.6 is 23.2 Å². The van der Waals surface area contributed by atoms with Gasteiger partial charge in [0.2, 0.25) is 0 Å². The summed E-state index contributed by atoms with van der Waals surface area (Å²) in [5.74, 6) is -1.24. The monoisotopic (exact) mass is 529 g/mol. The van der Waals surface area contributed by atoms with Gasteiger partial charge in [0.1, 0.15) is 5.41 Å². The van der Waals surface area contributed by atoms with Crippen molar-refractivity contribution in [3.63, 3.8) is 0 Å². The van der Waals surface area contributed by atoms with E-state index in [2.05, 4.69) is 0 Å². The average molecular weight is 530 g/mol.